The predicted molar refractivity (Wildman–Crippen MR) is 84.3 cm³/mol. The molecule has 3 nitrogen and oxygen atoms in total. The van der Waals surface area contributed by atoms with E-state index in [2.05, 4.69) is 34.6 Å². The molecule has 2 heterocycles. The zero-order valence-electron chi connectivity index (χ0n) is 12.5. The Morgan fingerprint density at radius 1 is 1.29 bits per heavy atom. The van der Waals surface area contributed by atoms with Gasteiger partial charge < -0.3 is 10.3 Å². The number of ketones is 1. The second-order valence-corrected chi connectivity index (χ2v) is 6.58. The Morgan fingerprint density at radius 3 is 3.00 bits per heavy atom. The Balaban J connectivity index is 1.94. The van der Waals surface area contributed by atoms with Crippen LogP contribution in [-0.2, 0) is 16.8 Å². The van der Waals surface area contributed by atoms with Crippen LogP contribution in [0.4, 0.5) is 0 Å². The van der Waals surface area contributed by atoms with Gasteiger partial charge in [-0.25, -0.2) is 0 Å². The molecule has 1 aromatic carbocycles. The lowest BCUT2D eigenvalue weighted by molar-refractivity contribution is -0.125. The number of H-pyrrole nitrogens is 1. The first kappa shape index (κ1) is 13.1. The summed E-state index contributed by atoms with van der Waals surface area (Å²) >= 11 is 0. The maximum Gasteiger partial charge on any atom is 0.135 e. The number of fused-ring (bicyclic) bond motifs is 4. The third-order valence-corrected chi connectivity index (χ3v) is 5.47. The number of hydrogen-bond acceptors (Lipinski definition) is 2. The van der Waals surface area contributed by atoms with Crippen LogP contribution in [0.25, 0.3) is 10.9 Å². The molecule has 4 rings (SSSR count). The summed E-state index contributed by atoms with van der Waals surface area (Å²) in [4.78, 5) is 15.9. The SMILES string of the molecule is CC(=O)C1CCCCC12NCCc1c2[nH]c2ccccc12. The fourth-order valence-electron chi connectivity index (χ4n) is 4.57. The van der Waals surface area contributed by atoms with E-state index in [1.54, 1.807) is 6.92 Å². The van der Waals surface area contributed by atoms with E-state index >= 15 is 0 Å². The van der Waals surface area contributed by atoms with Crippen molar-refractivity contribution in [2.24, 2.45) is 5.92 Å². The molecule has 1 aliphatic heterocycles. The quantitative estimate of drug-likeness (QED) is 0.843. The molecular weight excluding hydrogens is 260 g/mol. The van der Waals surface area contributed by atoms with Gasteiger partial charge in [0.1, 0.15) is 5.78 Å². The minimum absolute atomic E-state index is 0.110. The molecule has 2 aromatic rings. The predicted octanol–water partition coefficient (Wildman–Crippen LogP) is 3.29. The Hall–Kier alpha value is -1.61. The topological polar surface area (TPSA) is 44.9 Å². The summed E-state index contributed by atoms with van der Waals surface area (Å²) in [6, 6.07) is 8.53. The van der Waals surface area contributed by atoms with Crippen LogP contribution in [0.15, 0.2) is 24.3 Å². The number of carbonyl (C=O) groups excluding carboxylic acids is 1. The summed E-state index contributed by atoms with van der Waals surface area (Å²) < 4.78 is 0. The van der Waals surface area contributed by atoms with E-state index in [1.165, 1.54) is 35.0 Å². The van der Waals surface area contributed by atoms with Crippen molar-refractivity contribution in [3.05, 3.63) is 35.5 Å². The van der Waals surface area contributed by atoms with Gasteiger partial charge in [-0.3, -0.25) is 4.79 Å². The summed E-state index contributed by atoms with van der Waals surface area (Å²) in [5.74, 6) is 0.437. The van der Waals surface area contributed by atoms with Gasteiger partial charge in [-0.15, -0.1) is 0 Å². The first-order chi connectivity index (χ1) is 10.2. The van der Waals surface area contributed by atoms with Gasteiger partial charge in [-0.2, -0.15) is 0 Å². The van der Waals surface area contributed by atoms with Gasteiger partial charge >= 0.3 is 0 Å². The number of para-hydroxylation sites is 1. The van der Waals surface area contributed by atoms with Crippen LogP contribution in [0.5, 0.6) is 0 Å². The minimum Gasteiger partial charge on any atom is -0.357 e. The Labute approximate surface area is 125 Å². The Kier molecular flexibility index (Phi) is 2.93. The van der Waals surface area contributed by atoms with Crippen LogP contribution in [0.3, 0.4) is 0 Å². The van der Waals surface area contributed by atoms with Crippen LogP contribution in [0.1, 0.15) is 43.9 Å². The van der Waals surface area contributed by atoms with Gasteiger partial charge in [0.15, 0.2) is 0 Å². The third kappa shape index (κ3) is 1.80. The van der Waals surface area contributed by atoms with Gasteiger partial charge in [0.25, 0.3) is 0 Å². The Morgan fingerprint density at radius 2 is 2.14 bits per heavy atom. The maximum atomic E-state index is 12.2. The average Bonchev–Trinajstić information content (AvgIpc) is 2.88. The molecule has 1 aromatic heterocycles. The zero-order chi connectivity index (χ0) is 14.4. The molecule has 0 saturated heterocycles. The summed E-state index contributed by atoms with van der Waals surface area (Å²) in [5, 5.41) is 5.07. The highest BCUT2D eigenvalue weighted by Gasteiger charge is 2.48. The van der Waals surface area contributed by atoms with E-state index < -0.39 is 0 Å². The summed E-state index contributed by atoms with van der Waals surface area (Å²) in [6.07, 6.45) is 5.49. The maximum absolute atomic E-state index is 12.2. The highest BCUT2D eigenvalue weighted by molar-refractivity contribution is 5.87. The summed E-state index contributed by atoms with van der Waals surface area (Å²) in [5.41, 5.74) is 3.77. The number of hydrogen-bond donors (Lipinski definition) is 2. The molecule has 2 unspecified atom stereocenters. The minimum atomic E-state index is -0.156. The normalized spacial score (nSPS) is 28.7. The number of aromatic nitrogens is 1. The average molecular weight is 282 g/mol. The lowest BCUT2D eigenvalue weighted by Gasteiger charge is -2.46. The molecule has 3 heteroatoms. The number of rotatable bonds is 1. The van der Waals surface area contributed by atoms with Crippen molar-refractivity contribution in [1.82, 2.24) is 10.3 Å². The van der Waals surface area contributed by atoms with E-state index in [9.17, 15) is 4.79 Å². The molecule has 110 valence electrons. The summed E-state index contributed by atoms with van der Waals surface area (Å²) in [6.45, 7) is 2.73. The second-order valence-electron chi connectivity index (χ2n) is 6.58. The number of benzene rings is 1. The van der Waals surface area contributed by atoms with Crippen molar-refractivity contribution in [3.8, 4) is 0 Å². The van der Waals surface area contributed by atoms with Crippen LogP contribution < -0.4 is 5.32 Å². The van der Waals surface area contributed by atoms with Gasteiger partial charge in [0, 0.05) is 29.1 Å². The lowest BCUT2D eigenvalue weighted by Crippen LogP contribution is -2.55. The standard InChI is InChI=1S/C18H22N2O/c1-12(21)15-7-4-5-10-18(15)17-14(9-11-19-18)13-6-2-3-8-16(13)20-17/h2-3,6,8,15,19-20H,4-5,7,9-11H2,1H3. The fourth-order valence-corrected chi connectivity index (χ4v) is 4.57. The molecule has 2 atom stereocenters. The molecular formula is C18H22N2O. The largest absolute Gasteiger partial charge is 0.357 e. The highest BCUT2D eigenvalue weighted by atomic mass is 16.1. The van der Waals surface area contributed by atoms with Gasteiger partial charge in [-0.1, -0.05) is 31.0 Å². The smallest absolute Gasteiger partial charge is 0.135 e. The molecule has 1 fully saturated rings. The van der Waals surface area contributed by atoms with Gasteiger partial charge in [-0.05, 0) is 37.8 Å². The number of carbonyl (C=O) groups is 1. The van der Waals surface area contributed by atoms with E-state index in [1.807, 2.05) is 0 Å². The van der Waals surface area contributed by atoms with Crippen molar-refractivity contribution in [2.45, 2.75) is 44.6 Å². The molecule has 1 saturated carbocycles. The molecule has 2 N–H and O–H groups in total. The van der Waals surface area contributed by atoms with Gasteiger partial charge in [0.05, 0.1) is 5.54 Å². The van der Waals surface area contributed by atoms with Crippen molar-refractivity contribution in [1.29, 1.82) is 0 Å². The summed E-state index contributed by atoms with van der Waals surface area (Å²) in [7, 11) is 0. The monoisotopic (exact) mass is 282 g/mol. The zero-order valence-corrected chi connectivity index (χ0v) is 12.5. The second kappa shape index (κ2) is 4.70. The van der Waals surface area contributed by atoms with E-state index in [-0.39, 0.29) is 11.5 Å². The van der Waals surface area contributed by atoms with Crippen molar-refractivity contribution < 1.29 is 4.79 Å². The third-order valence-electron chi connectivity index (χ3n) is 5.47. The number of Topliss-reactive ketones (excluding diaryl/α,β-unsaturated/α-hetero) is 1. The molecule has 0 amide bonds. The first-order valence-electron chi connectivity index (χ1n) is 8.08. The highest BCUT2D eigenvalue weighted by Crippen LogP contribution is 2.46. The van der Waals surface area contributed by atoms with Crippen molar-refractivity contribution in [2.75, 3.05) is 6.54 Å². The Bertz CT molecular complexity index is 702. The van der Waals surface area contributed by atoms with Crippen molar-refractivity contribution in [3.63, 3.8) is 0 Å². The molecule has 1 aliphatic carbocycles. The van der Waals surface area contributed by atoms with Crippen LogP contribution in [-0.4, -0.2) is 17.3 Å². The van der Waals surface area contributed by atoms with Crippen LogP contribution >= 0.6 is 0 Å². The van der Waals surface area contributed by atoms with E-state index in [0.29, 0.717) is 5.78 Å². The first-order valence-corrected chi connectivity index (χ1v) is 8.08. The molecule has 21 heavy (non-hydrogen) atoms. The number of aromatic amines is 1. The van der Waals surface area contributed by atoms with Gasteiger partial charge in [0.2, 0.25) is 0 Å². The molecule has 0 bridgehead atoms. The molecule has 0 radical (unpaired) electrons. The molecule has 1 spiro atoms. The van der Waals surface area contributed by atoms with E-state index in [4.69, 9.17) is 0 Å². The van der Waals surface area contributed by atoms with E-state index in [0.717, 1.165) is 25.8 Å². The fraction of sp³-hybridized carbons (Fsp3) is 0.500. The lowest BCUT2D eigenvalue weighted by atomic mass is 9.67. The van der Waals surface area contributed by atoms with Crippen LogP contribution in [0.2, 0.25) is 0 Å². The van der Waals surface area contributed by atoms with Crippen molar-refractivity contribution >= 4 is 16.7 Å². The molecule has 2 aliphatic rings. The number of nitrogens with one attached hydrogen (secondary N) is 2. The van der Waals surface area contributed by atoms with Crippen LogP contribution in [0, 0.1) is 5.92 Å².